The lowest BCUT2D eigenvalue weighted by molar-refractivity contribution is 0.151. The van der Waals surface area contributed by atoms with Gasteiger partial charge in [0.25, 0.3) is 0 Å². The quantitative estimate of drug-likeness (QED) is 0.935. The Balaban J connectivity index is 2.19. The fourth-order valence-corrected chi connectivity index (χ4v) is 2.40. The van der Waals surface area contributed by atoms with Crippen molar-refractivity contribution in [3.8, 4) is 0 Å². The molecule has 0 aliphatic carbocycles. The van der Waals surface area contributed by atoms with Crippen LogP contribution in [0.3, 0.4) is 0 Å². The van der Waals surface area contributed by atoms with Crippen molar-refractivity contribution in [2.75, 3.05) is 6.61 Å². The highest BCUT2D eigenvalue weighted by Crippen LogP contribution is 2.27. The van der Waals surface area contributed by atoms with Gasteiger partial charge in [0, 0.05) is 11.0 Å². The molecule has 0 fully saturated rings. The number of rotatable bonds is 3. The van der Waals surface area contributed by atoms with E-state index < -0.39 is 6.09 Å². The summed E-state index contributed by atoms with van der Waals surface area (Å²) in [5.41, 5.74) is 1.03. The van der Waals surface area contributed by atoms with Gasteiger partial charge in [0.15, 0.2) is 0 Å². The van der Waals surface area contributed by atoms with Crippen LogP contribution in [0.4, 0.5) is 4.79 Å². The first-order chi connectivity index (χ1) is 8.72. The molecule has 0 aliphatic rings. The van der Waals surface area contributed by atoms with Crippen LogP contribution in [0.15, 0.2) is 40.9 Å². The maximum atomic E-state index is 11.2. The van der Waals surface area contributed by atoms with Crippen molar-refractivity contribution in [3.05, 3.63) is 46.4 Å². The number of hydrogen-bond acceptors (Lipinski definition) is 2. The van der Waals surface area contributed by atoms with E-state index in [0.29, 0.717) is 13.2 Å². The third-order valence-corrected chi connectivity index (χ3v) is 3.58. The number of ether oxygens (including phenoxy) is 1. The van der Waals surface area contributed by atoms with Crippen LogP contribution in [0.25, 0.3) is 10.8 Å². The number of nitrogens with one attached hydrogen (secondary N) is 1. The molecule has 4 heteroatoms. The zero-order valence-electron chi connectivity index (χ0n) is 10.1. The van der Waals surface area contributed by atoms with E-state index in [1.165, 1.54) is 5.39 Å². The molecule has 1 amide bonds. The monoisotopic (exact) mass is 307 g/mol. The molecule has 0 saturated heterocycles. The van der Waals surface area contributed by atoms with Gasteiger partial charge in [-0.3, -0.25) is 0 Å². The zero-order valence-corrected chi connectivity index (χ0v) is 11.7. The summed E-state index contributed by atoms with van der Waals surface area (Å²) >= 11 is 3.58. The van der Waals surface area contributed by atoms with E-state index in [2.05, 4.69) is 27.3 Å². The lowest BCUT2D eigenvalue weighted by Crippen LogP contribution is -2.23. The van der Waals surface area contributed by atoms with Crippen LogP contribution in [0.2, 0.25) is 0 Å². The Hall–Kier alpha value is -1.55. The highest BCUT2D eigenvalue weighted by atomic mass is 79.9. The molecule has 0 bridgehead atoms. The molecule has 1 N–H and O–H groups in total. The molecule has 0 aliphatic heterocycles. The molecule has 2 rings (SSSR count). The average Bonchev–Trinajstić information content (AvgIpc) is 2.39. The summed E-state index contributed by atoms with van der Waals surface area (Å²) in [6.07, 6.45) is -0.391. The fourth-order valence-electron chi connectivity index (χ4n) is 1.76. The number of fused-ring (bicyclic) bond motifs is 1. The molecule has 0 heterocycles. The number of carbonyl (C=O) groups excluding carboxylic acids is 1. The van der Waals surface area contributed by atoms with Gasteiger partial charge in [-0.05, 0) is 39.2 Å². The molecule has 18 heavy (non-hydrogen) atoms. The third-order valence-electron chi connectivity index (χ3n) is 2.64. The summed E-state index contributed by atoms with van der Waals surface area (Å²) in [5.74, 6) is 0. The van der Waals surface area contributed by atoms with Crippen molar-refractivity contribution in [2.24, 2.45) is 0 Å². The minimum Gasteiger partial charge on any atom is -0.450 e. The molecule has 3 nitrogen and oxygen atoms in total. The highest BCUT2D eigenvalue weighted by molar-refractivity contribution is 9.10. The zero-order chi connectivity index (χ0) is 13.0. The second-order valence-corrected chi connectivity index (χ2v) is 4.63. The molecule has 0 spiro atoms. The number of hydrogen-bond donors (Lipinski definition) is 1. The molecule has 2 aromatic carbocycles. The molecule has 0 aromatic heterocycles. The summed E-state index contributed by atoms with van der Waals surface area (Å²) in [4.78, 5) is 11.2. The normalized spacial score (nSPS) is 10.3. The lowest BCUT2D eigenvalue weighted by Gasteiger charge is -2.09. The van der Waals surface area contributed by atoms with Gasteiger partial charge in [0.05, 0.1) is 6.61 Å². The summed E-state index contributed by atoms with van der Waals surface area (Å²) in [6, 6.07) is 12.2. The Bertz CT molecular complexity index is 569. The van der Waals surface area contributed by atoms with E-state index >= 15 is 0 Å². The smallest absolute Gasteiger partial charge is 0.407 e. The Morgan fingerprint density at radius 1 is 1.28 bits per heavy atom. The van der Waals surface area contributed by atoms with Crippen molar-refractivity contribution in [2.45, 2.75) is 13.5 Å². The Kier molecular flexibility index (Phi) is 4.20. The topological polar surface area (TPSA) is 38.3 Å². The predicted molar refractivity (Wildman–Crippen MR) is 75.5 cm³/mol. The Labute approximate surface area is 114 Å². The molecule has 94 valence electrons. The van der Waals surface area contributed by atoms with Crippen molar-refractivity contribution in [1.82, 2.24) is 5.32 Å². The molecule has 0 saturated carbocycles. The standard InChI is InChI=1S/C14H14BrNO2/c1-2-18-14(17)16-9-11-8-7-10-5-3-4-6-12(10)13(11)15/h3-8H,2,9H2,1H3,(H,16,17). The average molecular weight is 308 g/mol. The number of alkyl carbamates (subject to hydrolysis) is 1. The Morgan fingerprint density at radius 3 is 2.83 bits per heavy atom. The van der Waals surface area contributed by atoms with Crippen LogP contribution in [-0.4, -0.2) is 12.7 Å². The molecular weight excluding hydrogens is 294 g/mol. The van der Waals surface area contributed by atoms with Gasteiger partial charge in [-0.15, -0.1) is 0 Å². The molecular formula is C14H14BrNO2. The van der Waals surface area contributed by atoms with E-state index in [4.69, 9.17) is 4.74 Å². The van der Waals surface area contributed by atoms with Gasteiger partial charge in [0.1, 0.15) is 0 Å². The summed E-state index contributed by atoms with van der Waals surface area (Å²) in [6.45, 7) is 2.61. The van der Waals surface area contributed by atoms with Crippen LogP contribution in [0.5, 0.6) is 0 Å². The first kappa shape index (κ1) is 12.9. The minimum absolute atomic E-state index is 0.380. The van der Waals surface area contributed by atoms with Gasteiger partial charge in [-0.1, -0.05) is 36.4 Å². The number of amides is 1. The third kappa shape index (κ3) is 2.82. The van der Waals surface area contributed by atoms with Gasteiger partial charge >= 0.3 is 6.09 Å². The van der Waals surface area contributed by atoms with Gasteiger partial charge in [-0.25, -0.2) is 4.79 Å². The fraction of sp³-hybridized carbons (Fsp3) is 0.214. The molecule has 0 atom stereocenters. The van der Waals surface area contributed by atoms with E-state index in [1.54, 1.807) is 6.92 Å². The molecule has 2 aromatic rings. The van der Waals surface area contributed by atoms with Gasteiger partial charge < -0.3 is 10.1 Å². The molecule has 0 radical (unpaired) electrons. The van der Waals surface area contributed by atoms with E-state index in [9.17, 15) is 4.79 Å². The maximum Gasteiger partial charge on any atom is 0.407 e. The second kappa shape index (κ2) is 5.87. The number of halogens is 1. The predicted octanol–water partition coefficient (Wildman–Crippen LogP) is 3.85. The van der Waals surface area contributed by atoms with Gasteiger partial charge in [0.2, 0.25) is 0 Å². The first-order valence-corrected chi connectivity index (χ1v) is 6.58. The number of benzene rings is 2. The SMILES string of the molecule is CCOC(=O)NCc1ccc2ccccc2c1Br. The van der Waals surface area contributed by atoms with Crippen molar-refractivity contribution < 1.29 is 9.53 Å². The minimum atomic E-state index is -0.391. The van der Waals surface area contributed by atoms with Crippen LogP contribution in [-0.2, 0) is 11.3 Å². The lowest BCUT2D eigenvalue weighted by atomic mass is 10.1. The second-order valence-electron chi connectivity index (χ2n) is 3.83. The van der Waals surface area contributed by atoms with E-state index in [1.807, 2.05) is 30.3 Å². The van der Waals surface area contributed by atoms with Crippen molar-refractivity contribution in [1.29, 1.82) is 0 Å². The summed E-state index contributed by atoms with van der Waals surface area (Å²) in [5, 5.41) is 5.02. The van der Waals surface area contributed by atoms with Gasteiger partial charge in [-0.2, -0.15) is 0 Å². The summed E-state index contributed by atoms with van der Waals surface area (Å²) < 4.78 is 5.84. The van der Waals surface area contributed by atoms with Crippen LogP contribution in [0.1, 0.15) is 12.5 Å². The largest absolute Gasteiger partial charge is 0.450 e. The van der Waals surface area contributed by atoms with Crippen LogP contribution in [0, 0.1) is 0 Å². The number of carbonyl (C=O) groups is 1. The van der Waals surface area contributed by atoms with E-state index in [0.717, 1.165) is 15.4 Å². The van der Waals surface area contributed by atoms with Crippen LogP contribution < -0.4 is 5.32 Å². The Morgan fingerprint density at radius 2 is 2.06 bits per heavy atom. The van der Waals surface area contributed by atoms with E-state index in [-0.39, 0.29) is 0 Å². The molecule has 0 unspecified atom stereocenters. The first-order valence-electron chi connectivity index (χ1n) is 5.79. The van der Waals surface area contributed by atoms with Crippen LogP contribution >= 0.6 is 15.9 Å². The highest BCUT2D eigenvalue weighted by Gasteiger charge is 2.06. The van der Waals surface area contributed by atoms with Crippen molar-refractivity contribution >= 4 is 32.8 Å². The maximum absolute atomic E-state index is 11.2. The summed E-state index contributed by atoms with van der Waals surface area (Å²) in [7, 11) is 0. The van der Waals surface area contributed by atoms with Crippen molar-refractivity contribution in [3.63, 3.8) is 0 Å².